The van der Waals surface area contributed by atoms with E-state index in [4.69, 9.17) is 0 Å². The molecule has 1 aromatic rings. The molecule has 0 aromatic heterocycles. The largest absolute Gasteiger partial charge is 0.353 e. The molecule has 22 heavy (non-hydrogen) atoms. The van der Waals surface area contributed by atoms with Gasteiger partial charge in [-0.1, -0.05) is 18.2 Å². The van der Waals surface area contributed by atoms with E-state index in [-0.39, 0.29) is 30.0 Å². The molecule has 3 rings (SSSR count). The van der Waals surface area contributed by atoms with Gasteiger partial charge in [0.25, 0.3) is 0 Å². The molecule has 0 bridgehead atoms. The van der Waals surface area contributed by atoms with E-state index in [1.54, 1.807) is 23.1 Å². The van der Waals surface area contributed by atoms with E-state index in [2.05, 4.69) is 5.32 Å². The molecule has 5 heteroatoms. The highest BCUT2D eigenvalue weighted by Crippen LogP contribution is 2.23. The van der Waals surface area contributed by atoms with Gasteiger partial charge in [-0.15, -0.1) is 0 Å². The summed E-state index contributed by atoms with van der Waals surface area (Å²) >= 11 is 0. The Morgan fingerprint density at radius 1 is 1.23 bits per heavy atom. The van der Waals surface area contributed by atoms with Gasteiger partial charge in [0.15, 0.2) is 0 Å². The molecule has 0 spiro atoms. The lowest BCUT2D eigenvalue weighted by molar-refractivity contribution is -0.130. The fourth-order valence-corrected chi connectivity index (χ4v) is 2.92. The highest BCUT2D eigenvalue weighted by Gasteiger charge is 2.30. The lowest BCUT2D eigenvalue weighted by Gasteiger charge is -2.17. The van der Waals surface area contributed by atoms with Gasteiger partial charge in [0, 0.05) is 25.6 Å². The highest BCUT2D eigenvalue weighted by molar-refractivity contribution is 5.80. The molecule has 1 saturated heterocycles. The van der Waals surface area contributed by atoms with Crippen molar-refractivity contribution in [3.05, 3.63) is 35.6 Å². The average Bonchev–Trinajstić information content (AvgIpc) is 3.16. The van der Waals surface area contributed by atoms with E-state index in [1.165, 1.54) is 6.07 Å². The van der Waals surface area contributed by atoms with Crippen LogP contribution in [0.25, 0.3) is 0 Å². The number of halogens is 1. The number of hydrogen-bond donors (Lipinski definition) is 1. The summed E-state index contributed by atoms with van der Waals surface area (Å²) in [7, 11) is 0. The fraction of sp³-hybridized carbons (Fsp3) is 0.529. The Labute approximate surface area is 129 Å². The predicted molar refractivity (Wildman–Crippen MR) is 80.6 cm³/mol. The summed E-state index contributed by atoms with van der Waals surface area (Å²) in [6, 6.07) is 6.75. The minimum atomic E-state index is -0.338. The van der Waals surface area contributed by atoms with Gasteiger partial charge in [0.2, 0.25) is 11.8 Å². The number of benzene rings is 1. The lowest BCUT2D eigenvalue weighted by Crippen LogP contribution is -2.32. The van der Waals surface area contributed by atoms with Crippen molar-refractivity contribution in [1.29, 1.82) is 0 Å². The van der Waals surface area contributed by atoms with E-state index in [1.807, 2.05) is 0 Å². The number of rotatable bonds is 5. The van der Waals surface area contributed by atoms with Crippen LogP contribution >= 0.6 is 0 Å². The van der Waals surface area contributed by atoms with Gasteiger partial charge in [-0.3, -0.25) is 9.59 Å². The molecule has 1 saturated carbocycles. The third-order valence-corrected chi connectivity index (χ3v) is 4.35. The quantitative estimate of drug-likeness (QED) is 0.903. The van der Waals surface area contributed by atoms with Crippen LogP contribution in [-0.2, 0) is 16.0 Å². The number of nitrogens with zero attached hydrogens (tertiary/aromatic N) is 1. The highest BCUT2D eigenvalue weighted by atomic mass is 19.1. The number of carbonyl (C=O) groups excluding carboxylic acids is 2. The van der Waals surface area contributed by atoms with Crippen LogP contribution < -0.4 is 5.32 Å². The van der Waals surface area contributed by atoms with Gasteiger partial charge < -0.3 is 10.2 Å². The lowest BCUT2D eigenvalue weighted by atomic mass is 10.0. The van der Waals surface area contributed by atoms with Crippen molar-refractivity contribution in [2.24, 2.45) is 5.92 Å². The number of amides is 2. The van der Waals surface area contributed by atoms with Gasteiger partial charge in [-0.05, 0) is 36.8 Å². The number of likely N-dealkylation sites (tertiary alicyclic amines) is 1. The van der Waals surface area contributed by atoms with E-state index >= 15 is 0 Å². The first kappa shape index (κ1) is 15.0. The minimum Gasteiger partial charge on any atom is -0.353 e. The van der Waals surface area contributed by atoms with Gasteiger partial charge >= 0.3 is 0 Å². The molecule has 1 atom stereocenters. The molecule has 2 fully saturated rings. The third kappa shape index (κ3) is 3.84. The second-order valence-corrected chi connectivity index (χ2v) is 6.31. The van der Waals surface area contributed by atoms with Crippen LogP contribution in [0.1, 0.15) is 31.2 Å². The van der Waals surface area contributed by atoms with Gasteiger partial charge in [0.05, 0.1) is 6.42 Å². The topological polar surface area (TPSA) is 49.4 Å². The van der Waals surface area contributed by atoms with Crippen LogP contribution in [-0.4, -0.2) is 35.8 Å². The zero-order valence-electron chi connectivity index (χ0n) is 12.6. The summed E-state index contributed by atoms with van der Waals surface area (Å²) in [6.07, 6.45) is 3.60. The number of hydrogen-bond acceptors (Lipinski definition) is 2. The van der Waals surface area contributed by atoms with Crippen molar-refractivity contribution in [1.82, 2.24) is 10.2 Å². The number of nitrogens with one attached hydrogen (secondary N) is 1. The van der Waals surface area contributed by atoms with Crippen molar-refractivity contribution in [2.45, 2.75) is 38.1 Å². The van der Waals surface area contributed by atoms with E-state index < -0.39 is 0 Å². The average molecular weight is 304 g/mol. The van der Waals surface area contributed by atoms with Crippen LogP contribution in [0.5, 0.6) is 0 Å². The molecule has 0 radical (unpaired) electrons. The standard InChI is InChI=1S/C17H21FN2O2/c18-15-4-2-1-3-13(15)10-17(22)20-8-7-12(11-20)9-16(21)19-14-5-6-14/h1-4,12,14H,5-11H2,(H,19,21). The van der Waals surface area contributed by atoms with E-state index in [9.17, 15) is 14.0 Å². The Hall–Kier alpha value is -1.91. The molecule has 1 aromatic carbocycles. The third-order valence-electron chi connectivity index (χ3n) is 4.35. The van der Waals surface area contributed by atoms with Gasteiger partial charge in [0.1, 0.15) is 5.82 Å². The summed E-state index contributed by atoms with van der Waals surface area (Å²) in [5.41, 5.74) is 0.433. The Morgan fingerprint density at radius 3 is 2.73 bits per heavy atom. The maximum atomic E-state index is 13.6. The van der Waals surface area contributed by atoms with Crippen LogP contribution in [0.3, 0.4) is 0 Å². The second-order valence-electron chi connectivity index (χ2n) is 6.31. The molecule has 1 N–H and O–H groups in total. The van der Waals surface area contributed by atoms with Crippen LogP contribution in [0, 0.1) is 11.7 Å². The molecular weight excluding hydrogens is 283 g/mol. The van der Waals surface area contributed by atoms with Crippen molar-refractivity contribution in [3.63, 3.8) is 0 Å². The minimum absolute atomic E-state index is 0.0600. The first-order valence-electron chi connectivity index (χ1n) is 7.92. The second kappa shape index (κ2) is 6.46. The number of carbonyl (C=O) groups is 2. The van der Waals surface area contributed by atoms with Crippen molar-refractivity contribution in [2.75, 3.05) is 13.1 Å². The summed E-state index contributed by atoms with van der Waals surface area (Å²) in [4.78, 5) is 25.8. The summed E-state index contributed by atoms with van der Waals surface area (Å²) in [6.45, 7) is 1.26. The normalized spacial score (nSPS) is 21.0. The van der Waals surface area contributed by atoms with E-state index in [0.717, 1.165) is 19.3 Å². The summed E-state index contributed by atoms with van der Waals surface area (Å²) in [5, 5.41) is 2.98. The summed E-state index contributed by atoms with van der Waals surface area (Å²) < 4.78 is 13.6. The molecular formula is C17H21FN2O2. The zero-order valence-corrected chi connectivity index (χ0v) is 12.6. The zero-order chi connectivity index (χ0) is 15.5. The first-order valence-corrected chi connectivity index (χ1v) is 7.92. The SMILES string of the molecule is O=C(CC1CCN(C(=O)Cc2ccccc2F)C1)NC1CC1. The summed E-state index contributed by atoms with van der Waals surface area (Å²) in [5.74, 6) is -0.0789. The van der Waals surface area contributed by atoms with Crippen molar-refractivity contribution in [3.8, 4) is 0 Å². The molecule has 1 aliphatic carbocycles. The fourth-order valence-electron chi connectivity index (χ4n) is 2.92. The molecule has 2 amide bonds. The molecule has 118 valence electrons. The van der Waals surface area contributed by atoms with Crippen LogP contribution in [0.4, 0.5) is 4.39 Å². The van der Waals surface area contributed by atoms with Crippen LogP contribution in [0.2, 0.25) is 0 Å². The van der Waals surface area contributed by atoms with Crippen molar-refractivity contribution < 1.29 is 14.0 Å². The predicted octanol–water partition coefficient (Wildman–Crippen LogP) is 1.89. The van der Waals surface area contributed by atoms with Crippen molar-refractivity contribution >= 4 is 11.8 Å². The van der Waals surface area contributed by atoms with Gasteiger partial charge in [-0.2, -0.15) is 0 Å². The monoisotopic (exact) mass is 304 g/mol. The van der Waals surface area contributed by atoms with Crippen LogP contribution in [0.15, 0.2) is 24.3 Å². The maximum Gasteiger partial charge on any atom is 0.227 e. The van der Waals surface area contributed by atoms with Gasteiger partial charge in [-0.25, -0.2) is 4.39 Å². The molecule has 1 unspecified atom stereocenters. The first-order chi connectivity index (χ1) is 10.6. The Bertz CT molecular complexity index is 572. The maximum absolute atomic E-state index is 13.6. The molecule has 1 heterocycles. The molecule has 2 aliphatic rings. The van der Waals surface area contributed by atoms with E-state index in [0.29, 0.717) is 31.1 Å². The molecule has 1 aliphatic heterocycles. The Balaban J connectivity index is 1.48. The Kier molecular flexibility index (Phi) is 4.41. The smallest absolute Gasteiger partial charge is 0.227 e. The Morgan fingerprint density at radius 2 is 2.00 bits per heavy atom. The molecule has 4 nitrogen and oxygen atoms in total.